The Labute approximate surface area is 160 Å². The molecule has 0 N–H and O–H groups in total. The van der Waals surface area contributed by atoms with Crippen molar-refractivity contribution in [2.24, 2.45) is 17.0 Å². The molecule has 0 bridgehead atoms. The van der Waals surface area contributed by atoms with Crippen LogP contribution in [0.3, 0.4) is 0 Å². The zero-order chi connectivity index (χ0) is 18.5. The van der Waals surface area contributed by atoms with Gasteiger partial charge in [-0.05, 0) is 49.4 Å². The molecule has 0 saturated heterocycles. The van der Waals surface area contributed by atoms with Crippen LogP contribution in [0.5, 0.6) is 0 Å². The average Bonchev–Trinajstić information content (AvgIpc) is 3.60. The van der Waals surface area contributed by atoms with E-state index in [1.54, 1.807) is 13.3 Å². The minimum Gasteiger partial charge on any atom is -0.399 e. The third-order valence-corrected chi connectivity index (χ3v) is 4.61. The fourth-order valence-electron chi connectivity index (χ4n) is 2.78. The molecule has 2 fully saturated rings. The number of benzene rings is 1. The van der Waals surface area contributed by atoms with Crippen molar-refractivity contribution < 1.29 is 4.84 Å². The highest BCUT2D eigenvalue weighted by molar-refractivity contribution is 6.03. The SMILES string of the molecule is CON=C(Cc1cccnc1)c1ccc(C#CC2CC2)cc1C#CC1CC1. The molecule has 0 atom stereocenters. The van der Waals surface area contributed by atoms with Crippen LogP contribution in [0.1, 0.15) is 47.9 Å². The summed E-state index contributed by atoms with van der Waals surface area (Å²) in [4.78, 5) is 9.33. The van der Waals surface area contributed by atoms with Crippen LogP contribution in [0.15, 0.2) is 47.9 Å². The van der Waals surface area contributed by atoms with Crippen LogP contribution in [-0.4, -0.2) is 17.8 Å². The summed E-state index contributed by atoms with van der Waals surface area (Å²) in [5.41, 5.74) is 4.94. The predicted molar refractivity (Wildman–Crippen MR) is 107 cm³/mol. The van der Waals surface area contributed by atoms with Crippen molar-refractivity contribution in [2.75, 3.05) is 7.11 Å². The fraction of sp³-hybridized carbons (Fsp3) is 0.333. The minimum atomic E-state index is 0.542. The summed E-state index contributed by atoms with van der Waals surface area (Å²) in [6, 6.07) is 10.2. The number of hydrogen-bond donors (Lipinski definition) is 0. The molecule has 3 nitrogen and oxygen atoms in total. The lowest BCUT2D eigenvalue weighted by Crippen LogP contribution is -2.09. The zero-order valence-corrected chi connectivity index (χ0v) is 15.5. The number of pyridine rings is 1. The monoisotopic (exact) mass is 354 g/mol. The molecule has 2 saturated carbocycles. The van der Waals surface area contributed by atoms with Crippen LogP contribution < -0.4 is 0 Å². The Hall–Kier alpha value is -3.04. The highest BCUT2D eigenvalue weighted by Crippen LogP contribution is 2.28. The Morgan fingerprint density at radius 1 is 1.11 bits per heavy atom. The molecule has 1 aromatic carbocycles. The van der Waals surface area contributed by atoms with Gasteiger partial charge in [0.15, 0.2) is 0 Å². The van der Waals surface area contributed by atoms with Crippen LogP contribution >= 0.6 is 0 Å². The van der Waals surface area contributed by atoms with Gasteiger partial charge in [-0.2, -0.15) is 0 Å². The van der Waals surface area contributed by atoms with Crippen LogP contribution in [0.25, 0.3) is 0 Å². The van der Waals surface area contributed by atoms with Crippen molar-refractivity contribution in [3.63, 3.8) is 0 Å². The maximum atomic E-state index is 5.13. The van der Waals surface area contributed by atoms with Gasteiger partial charge in [0, 0.05) is 47.3 Å². The number of rotatable bonds is 4. The second kappa shape index (κ2) is 8.11. The Morgan fingerprint density at radius 3 is 2.56 bits per heavy atom. The first kappa shape index (κ1) is 17.4. The van der Waals surface area contributed by atoms with Crippen LogP contribution in [0.4, 0.5) is 0 Å². The van der Waals surface area contributed by atoms with Crippen molar-refractivity contribution in [3.8, 4) is 23.7 Å². The van der Waals surface area contributed by atoms with E-state index in [1.165, 1.54) is 25.7 Å². The maximum absolute atomic E-state index is 5.13. The van der Waals surface area contributed by atoms with E-state index in [-0.39, 0.29) is 0 Å². The van der Waals surface area contributed by atoms with Crippen LogP contribution in [-0.2, 0) is 11.3 Å². The largest absolute Gasteiger partial charge is 0.399 e. The molecule has 0 radical (unpaired) electrons. The van der Waals surface area contributed by atoms with Gasteiger partial charge in [0.05, 0.1) is 5.71 Å². The number of oxime groups is 1. The second-order valence-electron chi connectivity index (χ2n) is 7.11. The highest BCUT2D eigenvalue weighted by Gasteiger charge is 2.19. The number of aromatic nitrogens is 1. The van der Waals surface area contributed by atoms with Gasteiger partial charge < -0.3 is 4.84 Å². The Morgan fingerprint density at radius 2 is 1.89 bits per heavy atom. The van der Waals surface area contributed by atoms with Gasteiger partial charge in [-0.15, -0.1) is 0 Å². The quantitative estimate of drug-likeness (QED) is 0.469. The molecule has 4 rings (SSSR count). The third kappa shape index (κ3) is 4.99. The second-order valence-corrected chi connectivity index (χ2v) is 7.11. The standard InChI is InChI=1S/C24H22N2O/c1-27-26-24(16-21-3-2-14-25-17-21)23-13-11-20(9-8-18-4-5-18)15-22(23)12-10-19-6-7-19/h2-3,11,13-15,17-19H,4-7,16H2,1H3. The van der Waals surface area contributed by atoms with E-state index < -0.39 is 0 Å². The summed E-state index contributed by atoms with van der Waals surface area (Å²) in [6.45, 7) is 0. The van der Waals surface area contributed by atoms with Gasteiger partial charge in [-0.3, -0.25) is 4.98 Å². The van der Waals surface area contributed by atoms with Crippen molar-refractivity contribution in [1.29, 1.82) is 0 Å². The van der Waals surface area contributed by atoms with Crippen LogP contribution in [0, 0.1) is 35.5 Å². The summed E-state index contributed by atoms with van der Waals surface area (Å²) >= 11 is 0. The molecule has 27 heavy (non-hydrogen) atoms. The minimum absolute atomic E-state index is 0.542. The smallest absolute Gasteiger partial charge is 0.106 e. The van der Waals surface area contributed by atoms with E-state index in [9.17, 15) is 0 Å². The molecule has 3 heteroatoms. The zero-order valence-electron chi connectivity index (χ0n) is 15.5. The van der Waals surface area contributed by atoms with E-state index in [1.807, 2.05) is 18.3 Å². The van der Waals surface area contributed by atoms with Gasteiger partial charge in [-0.1, -0.05) is 41.0 Å². The molecule has 1 aromatic heterocycles. The summed E-state index contributed by atoms with van der Waals surface area (Å²) < 4.78 is 0. The topological polar surface area (TPSA) is 34.5 Å². The Balaban J connectivity index is 1.68. The summed E-state index contributed by atoms with van der Waals surface area (Å²) in [5.74, 6) is 14.5. The van der Waals surface area contributed by atoms with E-state index in [0.717, 1.165) is 28.0 Å². The lowest BCUT2D eigenvalue weighted by atomic mass is 9.96. The van der Waals surface area contributed by atoms with Gasteiger partial charge in [0.1, 0.15) is 7.11 Å². The van der Waals surface area contributed by atoms with Crippen molar-refractivity contribution in [1.82, 2.24) is 4.98 Å². The third-order valence-electron chi connectivity index (χ3n) is 4.61. The maximum Gasteiger partial charge on any atom is 0.106 e. The molecule has 1 heterocycles. The molecule has 0 unspecified atom stereocenters. The summed E-state index contributed by atoms with van der Waals surface area (Å²) in [6.07, 6.45) is 9.15. The first-order valence-electron chi connectivity index (χ1n) is 9.48. The molecule has 2 aliphatic rings. The first-order chi connectivity index (χ1) is 13.3. The Kier molecular flexibility index (Phi) is 5.22. The van der Waals surface area contributed by atoms with Crippen molar-refractivity contribution >= 4 is 5.71 Å². The van der Waals surface area contributed by atoms with E-state index >= 15 is 0 Å². The normalized spacial score (nSPS) is 16.0. The summed E-state index contributed by atoms with van der Waals surface area (Å²) in [5, 5.41) is 4.29. The lowest BCUT2D eigenvalue weighted by molar-refractivity contribution is 0.213. The lowest BCUT2D eigenvalue weighted by Gasteiger charge is -2.09. The van der Waals surface area contributed by atoms with E-state index in [4.69, 9.17) is 4.84 Å². The number of nitrogens with zero attached hydrogens (tertiary/aromatic N) is 2. The molecular weight excluding hydrogens is 332 g/mol. The fourth-order valence-corrected chi connectivity index (χ4v) is 2.78. The molecular formula is C24H22N2O. The Bertz CT molecular complexity index is 962. The van der Waals surface area contributed by atoms with E-state index in [2.05, 4.69) is 52.0 Å². The van der Waals surface area contributed by atoms with Gasteiger partial charge in [-0.25, -0.2) is 0 Å². The van der Waals surface area contributed by atoms with Gasteiger partial charge >= 0.3 is 0 Å². The average molecular weight is 354 g/mol. The predicted octanol–water partition coefficient (Wildman–Crippen LogP) is 4.20. The summed E-state index contributed by atoms with van der Waals surface area (Å²) in [7, 11) is 1.58. The molecule has 0 amide bonds. The molecule has 2 aromatic rings. The first-order valence-corrected chi connectivity index (χ1v) is 9.48. The molecule has 134 valence electrons. The molecule has 2 aliphatic carbocycles. The molecule has 0 aliphatic heterocycles. The van der Waals surface area contributed by atoms with Crippen molar-refractivity contribution in [2.45, 2.75) is 32.1 Å². The molecule has 0 spiro atoms. The van der Waals surface area contributed by atoms with Gasteiger partial charge in [0.25, 0.3) is 0 Å². The van der Waals surface area contributed by atoms with E-state index in [0.29, 0.717) is 18.3 Å². The van der Waals surface area contributed by atoms with Crippen LogP contribution in [0.2, 0.25) is 0 Å². The number of hydrogen-bond acceptors (Lipinski definition) is 3. The van der Waals surface area contributed by atoms with Gasteiger partial charge in [0.2, 0.25) is 0 Å². The van der Waals surface area contributed by atoms with Crippen molar-refractivity contribution in [3.05, 3.63) is 65.0 Å². The highest BCUT2D eigenvalue weighted by atomic mass is 16.6.